The van der Waals surface area contributed by atoms with Gasteiger partial charge in [0.25, 0.3) is 0 Å². The average Bonchev–Trinajstić information content (AvgIpc) is 2.14. The Labute approximate surface area is 98.9 Å². The number of hydrogen-bond donors (Lipinski definition) is 0. The Hall–Kier alpha value is -1.50. The number of benzene rings is 1. The molecule has 0 amide bonds. The maximum atomic E-state index is 12.5. The van der Waals surface area contributed by atoms with Crippen LogP contribution in [-0.2, 0) is 12.6 Å². The summed E-state index contributed by atoms with van der Waals surface area (Å²) >= 11 is 0. The van der Waals surface area contributed by atoms with Crippen LogP contribution < -0.4 is 0 Å². The highest BCUT2D eigenvalue weighted by Crippen LogP contribution is 2.31. The lowest BCUT2D eigenvalue weighted by Crippen LogP contribution is -2.12. The molecule has 4 heteroatoms. The molecule has 0 fully saturated rings. The molecule has 1 nitrogen and oxygen atoms in total. The smallest absolute Gasteiger partial charge is 0.192 e. The second-order valence-electron chi connectivity index (χ2n) is 5.22. The number of alkyl halides is 3. The van der Waals surface area contributed by atoms with Gasteiger partial charge in [-0.15, -0.1) is 0 Å². The molecule has 0 atom stereocenters. The van der Waals surface area contributed by atoms with Gasteiger partial charge in [0.15, 0.2) is 0 Å². The first-order valence-corrected chi connectivity index (χ1v) is 5.24. The van der Waals surface area contributed by atoms with Gasteiger partial charge in [-0.1, -0.05) is 26.8 Å². The van der Waals surface area contributed by atoms with Gasteiger partial charge in [0.05, 0.1) is 17.2 Å². The Kier molecular flexibility index (Phi) is 3.51. The van der Waals surface area contributed by atoms with E-state index in [2.05, 4.69) is 0 Å². The summed E-state index contributed by atoms with van der Waals surface area (Å²) in [5.41, 5.74) is -0.0693. The van der Waals surface area contributed by atoms with Gasteiger partial charge in [-0.05, 0) is 29.5 Å². The zero-order valence-corrected chi connectivity index (χ0v) is 10.0. The molecule has 0 unspecified atom stereocenters. The lowest BCUT2D eigenvalue weighted by molar-refractivity contribution is -0.137. The third-order valence-electron chi connectivity index (χ3n) is 2.28. The first kappa shape index (κ1) is 13.6. The van der Waals surface area contributed by atoms with Crippen LogP contribution in [0.25, 0.3) is 0 Å². The van der Waals surface area contributed by atoms with E-state index < -0.39 is 11.7 Å². The molecular formula is C13H14F3N. The minimum absolute atomic E-state index is 0.0641. The third-order valence-corrected chi connectivity index (χ3v) is 2.28. The minimum Gasteiger partial charge on any atom is -0.192 e. The van der Waals surface area contributed by atoms with E-state index in [0.29, 0.717) is 12.0 Å². The van der Waals surface area contributed by atoms with Gasteiger partial charge >= 0.3 is 6.18 Å². The maximum Gasteiger partial charge on any atom is 0.416 e. The van der Waals surface area contributed by atoms with E-state index in [-0.39, 0.29) is 11.0 Å². The number of halogens is 3. The highest BCUT2D eigenvalue weighted by molar-refractivity contribution is 5.42. The van der Waals surface area contributed by atoms with Crippen LogP contribution in [-0.4, -0.2) is 0 Å². The second kappa shape index (κ2) is 4.40. The maximum absolute atomic E-state index is 12.5. The zero-order valence-electron chi connectivity index (χ0n) is 10.0. The van der Waals surface area contributed by atoms with Crippen molar-refractivity contribution in [1.29, 1.82) is 5.26 Å². The van der Waals surface area contributed by atoms with Gasteiger partial charge < -0.3 is 0 Å². The quantitative estimate of drug-likeness (QED) is 0.724. The molecule has 0 aromatic heterocycles. The zero-order chi connectivity index (χ0) is 13.3. The van der Waals surface area contributed by atoms with Crippen LogP contribution in [0.5, 0.6) is 0 Å². The first-order valence-electron chi connectivity index (χ1n) is 5.24. The molecule has 0 radical (unpaired) electrons. The van der Waals surface area contributed by atoms with Crippen molar-refractivity contribution in [2.24, 2.45) is 5.41 Å². The Bertz CT molecular complexity index is 447. The van der Waals surface area contributed by atoms with E-state index >= 15 is 0 Å². The molecule has 17 heavy (non-hydrogen) atoms. The van der Waals surface area contributed by atoms with Gasteiger partial charge in [-0.25, -0.2) is 0 Å². The van der Waals surface area contributed by atoms with E-state index in [1.54, 1.807) is 0 Å². The van der Waals surface area contributed by atoms with Crippen molar-refractivity contribution in [2.45, 2.75) is 33.4 Å². The lowest BCUT2D eigenvalue weighted by Gasteiger charge is -2.19. The van der Waals surface area contributed by atoms with Crippen molar-refractivity contribution in [3.63, 3.8) is 0 Å². The van der Waals surface area contributed by atoms with Crippen LogP contribution in [0.2, 0.25) is 0 Å². The van der Waals surface area contributed by atoms with Crippen molar-refractivity contribution in [1.82, 2.24) is 0 Å². The minimum atomic E-state index is -4.40. The number of hydrogen-bond acceptors (Lipinski definition) is 1. The normalized spacial score (nSPS) is 12.3. The van der Waals surface area contributed by atoms with Crippen LogP contribution in [0.15, 0.2) is 18.2 Å². The Morgan fingerprint density at radius 2 is 1.76 bits per heavy atom. The number of nitriles is 1. The highest BCUT2D eigenvalue weighted by atomic mass is 19.4. The number of nitrogens with zero attached hydrogens (tertiary/aromatic N) is 1. The average molecular weight is 241 g/mol. The molecule has 0 aliphatic carbocycles. The number of rotatable bonds is 1. The molecule has 0 heterocycles. The molecule has 0 saturated carbocycles. The summed E-state index contributed by atoms with van der Waals surface area (Å²) < 4.78 is 37.4. The molecule has 1 rings (SSSR count). The first-order chi connectivity index (χ1) is 7.63. The topological polar surface area (TPSA) is 23.8 Å². The fraction of sp³-hybridized carbons (Fsp3) is 0.462. The van der Waals surface area contributed by atoms with Crippen LogP contribution >= 0.6 is 0 Å². The van der Waals surface area contributed by atoms with Crippen molar-refractivity contribution in [3.05, 3.63) is 34.9 Å². The van der Waals surface area contributed by atoms with Crippen molar-refractivity contribution in [3.8, 4) is 6.07 Å². The summed E-state index contributed by atoms with van der Waals surface area (Å²) in [6, 6.07) is 5.17. The van der Waals surface area contributed by atoms with Crippen molar-refractivity contribution < 1.29 is 13.2 Å². The molecule has 92 valence electrons. The van der Waals surface area contributed by atoms with Gasteiger partial charge in [0.2, 0.25) is 0 Å². The highest BCUT2D eigenvalue weighted by Gasteiger charge is 2.31. The molecule has 0 aliphatic heterocycles. The van der Waals surface area contributed by atoms with Crippen LogP contribution in [0.4, 0.5) is 13.2 Å². The SMILES string of the molecule is CC(C)(C)Cc1ccc(C(F)(F)F)cc1C#N. The van der Waals surface area contributed by atoms with Gasteiger partial charge in [-0.3, -0.25) is 0 Å². The Morgan fingerprint density at radius 1 is 1.18 bits per heavy atom. The Morgan fingerprint density at radius 3 is 2.18 bits per heavy atom. The van der Waals surface area contributed by atoms with E-state index in [9.17, 15) is 13.2 Å². The molecule has 0 spiro atoms. The second-order valence-corrected chi connectivity index (χ2v) is 5.22. The molecule has 1 aromatic rings. The van der Waals surface area contributed by atoms with Crippen molar-refractivity contribution >= 4 is 0 Å². The van der Waals surface area contributed by atoms with Crippen LogP contribution in [0.1, 0.15) is 37.5 Å². The summed E-state index contributed by atoms with van der Waals surface area (Å²) in [6.07, 6.45) is -3.82. The largest absolute Gasteiger partial charge is 0.416 e. The molecule has 0 saturated heterocycles. The van der Waals surface area contributed by atoms with Gasteiger partial charge in [0.1, 0.15) is 0 Å². The standard InChI is InChI=1S/C13H14F3N/c1-12(2,3)7-9-4-5-11(13(14,15)16)6-10(9)8-17/h4-6H,7H2,1-3H3. The molecule has 0 bridgehead atoms. The van der Waals surface area contributed by atoms with Crippen molar-refractivity contribution in [2.75, 3.05) is 0 Å². The molecule has 0 aliphatic rings. The van der Waals surface area contributed by atoms with Gasteiger partial charge in [0, 0.05) is 0 Å². The van der Waals surface area contributed by atoms with E-state index in [1.165, 1.54) is 6.07 Å². The van der Waals surface area contributed by atoms with Crippen LogP contribution in [0, 0.1) is 16.7 Å². The molecular weight excluding hydrogens is 227 g/mol. The van der Waals surface area contributed by atoms with E-state index in [4.69, 9.17) is 5.26 Å². The molecule has 0 N–H and O–H groups in total. The summed E-state index contributed by atoms with van der Waals surface area (Å²) in [7, 11) is 0. The summed E-state index contributed by atoms with van der Waals surface area (Å²) in [6.45, 7) is 5.93. The molecule has 1 aromatic carbocycles. The lowest BCUT2D eigenvalue weighted by atomic mass is 9.86. The fourth-order valence-corrected chi connectivity index (χ4v) is 1.58. The predicted octanol–water partition coefficient (Wildman–Crippen LogP) is 4.17. The third kappa shape index (κ3) is 3.77. The Balaban J connectivity index is 3.16. The summed E-state index contributed by atoms with van der Waals surface area (Å²) in [5, 5.41) is 8.89. The predicted molar refractivity (Wildman–Crippen MR) is 59.3 cm³/mol. The monoisotopic (exact) mass is 241 g/mol. The van der Waals surface area contributed by atoms with Gasteiger partial charge in [-0.2, -0.15) is 18.4 Å². The summed E-state index contributed by atoms with van der Waals surface area (Å²) in [5.74, 6) is 0. The summed E-state index contributed by atoms with van der Waals surface area (Å²) in [4.78, 5) is 0. The van der Waals surface area contributed by atoms with E-state index in [0.717, 1.165) is 12.1 Å². The fourth-order valence-electron chi connectivity index (χ4n) is 1.58. The van der Waals surface area contributed by atoms with E-state index in [1.807, 2.05) is 26.8 Å². The van der Waals surface area contributed by atoms with Crippen LogP contribution in [0.3, 0.4) is 0 Å².